The molecule has 1 heterocycles. The van der Waals surface area contributed by atoms with Crippen LogP contribution in [0.5, 0.6) is 0 Å². The van der Waals surface area contributed by atoms with Crippen molar-refractivity contribution in [3.05, 3.63) is 46.2 Å². The van der Waals surface area contributed by atoms with E-state index in [0.29, 0.717) is 28.9 Å². The molecule has 0 saturated heterocycles. The molecule has 0 radical (unpaired) electrons. The molecule has 0 spiro atoms. The zero-order valence-electron chi connectivity index (χ0n) is 14.4. The number of hydrogen-bond acceptors (Lipinski definition) is 5. The second kappa shape index (κ2) is 7.04. The molecular weight excluding hydrogens is 306 g/mol. The quantitative estimate of drug-likeness (QED) is 0.778. The predicted molar refractivity (Wildman–Crippen MR) is 89.2 cm³/mol. The van der Waals surface area contributed by atoms with Gasteiger partial charge in [0.1, 0.15) is 6.10 Å². The summed E-state index contributed by atoms with van der Waals surface area (Å²) in [5.41, 5.74) is 2.64. The molecule has 24 heavy (non-hydrogen) atoms. The van der Waals surface area contributed by atoms with Crippen LogP contribution in [0.1, 0.15) is 43.6 Å². The molecule has 0 bridgehead atoms. The highest BCUT2D eigenvalue weighted by atomic mass is 16.3. The molecule has 1 aliphatic heterocycles. The maximum Gasteiger partial charge on any atom is 0.252 e. The molecule has 0 aliphatic carbocycles. The number of amides is 1. The Bertz CT molecular complexity index is 719. The van der Waals surface area contributed by atoms with Crippen LogP contribution in [0, 0.1) is 24.2 Å². The molecule has 1 amide bonds. The first kappa shape index (κ1) is 18.0. The van der Waals surface area contributed by atoms with Crippen molar-refractivity contribution in [2.75, 3.05) is 6.54 Å². The smallest absolute Gasteiger partial charge is 0.252 e. The third kappa shape index (κ3) is 3.28. The second-order valence-corrected chi connectivity index (χ2v) is 6.23. The van der Waals surface area contributed by atoms with Gasteiger partial charge in [-0.3, -0.25) is 4.79 Å². The Labute approximate surface area is 142 Å². The molecule has 2 atom stereocenters. The number of aliphatic hydroxyl groups excluding tert-OH is 2. The summed E-state index contributed by atoms with van der Waals surface area (Å²) in [4.78, 5) is 13.9. The number of rotatable bonds is 4. The van der Waals surface area contributed by atoms with Crippen molar-refractivity contribution in [3.8, 4) is 6.07 Å². The first-order valence-electron chi connectivity index (χ1n) is 7.99. The fraction of sp³-hybridized carbons (Fsp3) is 0.444. The van der Waals surface area contributed by atoms with Crippen LogP contribution in [0.4, 0.5) is 0 Å². The van der Waals surface area contributed by atoms with Crippen LogP contribution in [-0.4, -0.2) is 33.9 Å². The van der Waals surface area contributed by atoms with Crippen molar-refractivity contribution in [2.45, 2.75) is 40.2 Å². The van der Waals surface area contributed by atoms with Crippen molar-refractivity contribution < 1.29 is 15.0 Å². The van der Waals surface area contributed by atoms with Crippen molar-refractivity contribution in [1.29, 1.82) is 5.26 Å². The average Bonchev–Trinajstić information content (AvgIpc) is 2.52. The van der Waals surface area contributed by atoms with E-state index in [2.05, 4.69) is 11.4 Å². The molecule has 3 N–H and O–H groups in total. The summed E-state index contributed by atoms with van der Waals surface area (Å²) < 4.78 is 0. The zero-order chi connectivity index (χ0) is 18.0. The van der Waals surface area contributed by atoms with Crippen molar-refractivity contribution in [2.24, 2.45) is 5.92 Å². The fourth-order valence-corrected chi connectivity index (χ4v) is 3.07. The number of aryl methyl sites for hydroxylation is 1. The summed E-state index contributed by atoms with van der Waals surface area (Å²) in [6.07, 6.45) is -2.29. The van der Waals surface area contributed by atoms with Crippen LogP contribution in [0.2, 0.25) is 0 Å². The van der Waals surface area contributed by atoms with Crippen molar-refractivity contribution in [3.63, 3.8) is 0 Å². The molecule has 0 aromatic heterocycles. The molecule has 128 valence electrons. The van der Waals surface area contributed by atoms with Crippen molar-refractivity contribution >= 4 is 5.91 Å². The van der Waals surface area contributed by atoms with Gasteiger partial charge in [0.2, 0.25) is 6.35 Å². The van der Waals surface area contributed by atoms with E-state index in [-0.39, 0.29) is 11.8 Å². The molecule has 2 rings (SSSR count). The van der Waals surface area contributed by atoms with Gasteiger partial charge in [-0.15, -0.1) is 0 Å². The van der Waals surface area contributed by atoms with Gasteiger partial charge < -0.3 is 20.4 Å². The predicted octanol–water partition coefficient (Wildman–Crippen LogP) is 1.54. The second-order valence-electron chi connectivity index (χ2n) is 6.23. The van der Waals surface area contributed by atoms with Crippen LogP contribution >= 0.6 is 0 Å². The Balaban J connectivity index is 2.63. The highest BCUT2D eigenvalue weighted by molar-refractivity contribution is 5.95. The van der Waals surface area contributed by atoms with Gasteiger partial charge in [0.15, 0.2) is 0 Å². The third-order valence-corrected chi connectivity index (χ3v) is 4.11. The van der Waals surface area contributed by atoms with E-state index < -0.39 is 12.5 Å². The summed E-state index contributed by atoms with van der Waals surface area (Å²) >= 11 is 0. The van der Waals surface area contributed by atoms with Gasteiger partial charge in [-0.05, 0) is 43.0 Å². The highest BCUT2D eigenvalue weighted by Gasteiger charge is 2.36. The van der Waals surface area contributed by atoms with Gasteiger partial charge in [-0.25, -0.2) is 0 Å². The largest absolute Gasteiger partial charge is 0.382 e. The Morgan fingerprint density at radius 3 is 2.58 bits per heavy atom. The SMILES string of the molecule is CCN1C(C(O)c2cc(C)cc(C#N)c2)=C(C(C)C)C(=O)NC1O. The number of carbonyl (C=O) groups is 1. The number of hydrogen-bond donors (Lipinski definition) is 3. The molecule has 6 nitrogen and oxygen atoms in total. The van der Waals surface area contributed by atoms with Gasteiger partial charge in [-0.2, -0.15) is 5.26 Å². The maximum absolute atomic E-state index is 12.3. The number of likely N-dealkylation sites (N-methyl/N-ethyl adjacent to an activating group) is 1. The minimum absolute atomic E-state index is 0.128. The lowest BCUT2D eigenvalue weighted by Gasteiger charge is -2.40. The monoisotopic (exact) mass is 329 g/mol. The Hall–Kier alpha value is -2.36. The van der Waals surface area contributed by atoms with E-state index in [0.717, 1.165) is 5.56 Å². The zero-order valence-corrected chi connectivity index (χ0v) is 14.4. The topological polar surface area (TPSA) is 96.6 Å². The molecule has 1 aromatic rings. The average molecular weight is 329 g/mol. The number of nitriles is 1. The molecular formula is C18H23N3O3. The van der Waals surface area contributed by atoms with E-state index in [9.17, 15) is 15.0 Å². The summed E-state index contributed by atoms with van der Waals surface area (Å²) in [5.74, 6) is -0.513. The van der Waals surface area contributed by atoms with Gasteiger partial charge in [-0.1, -0.05) is 19.9 Å². The number of aliphatic hydroxyl groups is 2. The minimum Gasteiger partial charge on any atom is -0.382 e. The first-order valence-corrected chi connectivity index (χ1v) is 7.99. The molecule has 1 aromatic carbocycles. The lowest BCUT2D eigenvalue weighted by atomic mass is 9.91. The Kier molecular flexibility index (Phi) is 5.27. The lowest BCUT2D eigenvalue weighted by molar-refractivity contribution is -0.128. The molecule has 6 heteroatoms. The van der Waals surface area contributed by atoms with E-state index >= 15 is 0 Å². The summed E-state index contributed by atoms with van der Waals surface area (Å²) in [7, 11) is 0. The third-order valence-electron chi connectivity index (χ3n) is 4.11. The van der Waals surface area contributed by atoms with Gasteiger partial charge >= 0.3 is 0 Å². The van der Waals surface area contributed by atoms with Crippen LogP contribution in [0.3, 0.4) is 0 Å². The number of carbonyl (C=O) groups excluding carboxylic acids is 1. The maximum atomic E-state index is 12.3. The molecule has 0 saturated carbocycles. The van der Waals surface area contributed by atoms with Crippen LogP contribution in [-0.2, 0) is 4.79 Å². The van der Waals surface area contributed by atoms with Gasteiger partial charge in [0.25, 0.3) is 5.91 Å². The lowest BCUT2D eigenvalue weighted by Crippen LogP contribution is -2.54. The molecule has 0 fully saturated rings. The minimum atomic E-state index is -1.19. The Morgan fingerprint density at radius 1 is 1.38 bits per heavy atom. The van der Waals surface area contributed by atoms with Crippen LogP contribution < -0.4 is 5.32 Å². The number of nitrogens with zero attached hydrogens (tertiary/aromatic N) is 2. The summed E-state index contributed by atoms with van der Waals surface area (Å²) in [6.45, 7) is 7.83. The van der Waals surface area contributed by atoms with E-state index in [1.165, 1.54) is 0 Å². The number of nitrogens with one attached hydrogen (secondary N) is 1. The molecule has 1 aliphatic rings. The van der Waals surface area contributed by atoms with Gasteiger partial charge in [0.05, 0.1) is 17.3 Å². The first-order chi connectivity index (χ1) is 11.3. The van der Waals surface area contributed by atoms with Crippen molar-refractivity contribution in [1.82, 2.24) is 10.2 Å². The summed E-state index contributed by atoms with van der Waals surface area (Å²) in [5, 5.41) is 32.7. The van der Waals surface area contributed by atoms with E-state index in [4.69, 9.17) is 5.26 Å². The van der Waals surface area contributed by atoms with Crippen LogP contribution in [0.25, 0.3) is 0 Å². The van der Waals surface area contributed by atoms with E-state index in [1.807, 2.05) is 27.7 Å². The van der Waals surface area contributed by atoms with E-state index in [1.54, 1.807) is 23.1 Å². The van der Waals surface area contributed by atoms with Gasteiger partial charge in [0, 0.05) is 12.1 Å². The normalized spacial score (nSPS) is 19.3. The summed E-state index contributed by atoms with van der Waals surface area (Å²) in [6, 6.07) is 7.19. The molecule has 2 unspecified atom stereocenters. The number of benzene rings is 1. The highest BCUT2D eigenvalue weighted by Crippen LogP contribution is 2.34. The standard InChI is InChI=1S/C18H23N3O3/c1-5-21-15(14(10(2)3)17(23)20-18(21)24)16(22)13-7-11(4)6-12(8-13)9-19/h6-8,10,16,18,22,24H,5H2,1-4H3,(H,20,23). The fourth-order valence-electron chi connectivity index (χ4n) is 3.07. The Morgan fingerprint density at radius 2 is 2.04 bits per heavy atom. The van der Waals surface area contributed by atoms with Crippen LogP contribution in [0.15, 0.2) is 29.5 Å².